The van der Waals surface area contributed by atoms with Crippen LogP contribution < -0.4 is 0 Å². The monoisotopic (exact) mass is 384 g/mol. The van der Waals surface area contributed by atoms with Crippen LogP contribution in [0.3, 0.4) is 0 Å². The van der Waals surface area contributed by atoms with Crippen molar-refractivity contribution in [3.63, 3.8) is 0 Å². The SMILES string of the molecule is CCCO[C@@H]1O[C@H](CO)[C@@H](O)[C@H](O)[C@H]1O[C@@H]1O[C@H](CO)[C@H](O)[C@H](O)[C@H]1O. The minimum absolute atomic E-state index is 0.236. The number of rotatable bonds is 7. The summed E-state index contributed by atoms with van der Waals surface area (Å²) in [5.41, 5.74) is 0. The highest BCUT2D eigenvalue weighted by Crippen LogP contribution is 2.29. The molecular weight excluding hydrogens is 356 g/mol. The van der Waals surface area contributed by atoms with E-state index in [0.29, 0.717) is 6.42 Å². The fraction of sp³-hybridized carbons (Fsp3) is 1.00. The van der Waals surface area contributed by atoms with Crippen molar-refractivity contribution in [2.45, 2.75) is 74.8 Å². The van der Waals surface area contributed by atoms with Gasteiger partial charge in [-0.2, -0.15) is 0 Å². The molecule has 0 aliphatic carbocycles. The third kappa shape index (κ3) is 4.51. The van der Waals surface area contributed by atoms with E-state index >= 15 is 0 Å². The molecule has 11 nitrogen and oxygen atoms in total. The van der Waals surface area contributed by atoms with Gasteiger partial charge in [-0.05, 0) is 6.42 Å². The Bertz CT molecular complexity index is 422. The first-order valence-corrected chi connectivity index (χ1v) is 8.55. The summed E-state index contributed by atoms with van der Waals surface area (Å²) in [7, 11) is 0. The van der Waals surface area contributed by atoms with E-state index in [2.05, 4.69) is 0 Å². The number of aliphatic hydroxyl groups excluding tert-OH is 7. The molecule has 26 heavy (non-hydrogen) atoms. The van der Waals surface area contributed by atoms with Crippen LogP contribution in [0, 0.1) is 0 Å². The Morgan fingerprint density at radius 1 is 0.731 bits per heavy atom. The highest BCUT2D eigenvalue weighted by Gasteiger charge is 2.50. The summed E-state index contributed by atoms with van der Waals surface area (Å²) in [6.07, 6.45) is -13.6. The van der Waals surface area contributed by atoms with Crippen molar-refractivity contribution >= 4 is 0 Å². The maximum atomic E-state index is 10.3. The Morgan fingerprint density at radius 3 is 1.81 bits per heavy atom. The number of hydrogen-bond acceptors (Lipinski definition) is 11. The van der Waals surface area contributed by atoms with E-state index in [9.17, 15) is 35.7 Å². The third-order valence-electron chi connectivity index (χ3n) is 4.45. The maximum Gasteiger partial charge on any atom is 0.187 e. The van der Waals surface area contributed by atoms with Crippen LogP contribution in [0.2, 0.25) is 0 Å². The molecule has 0 unspecified atom stereocenters. The molecule has 2 aliphatic rings. The molecule has 2 saturated heterocycles. The first-order valence-electron chi connectivity index (χ1n) is 8.55. The van der Waals surface area contributed by atoms with Gasteiger partial charge in [0, 0.05) is 6.61 Å². The summed E-state index contributed by atoms with van der Waals surface area (Å²) in [5, 5.41) is 68.5. The molecule has 0 bridgehead atoms. The summed E-state index contributed by atoms with van der Waals surface area (Å²) in [5.74, 6) is 0. The molecular formula is C15H28O11. The van der Waals surface area contributed by atoms with Crippen LogP contribution in [0.1, 0.15) is 13.3 Å². The molecule has 11 heteroatoms. The van der Waals surface area contributed by atoms with Crippen molar-refractivity contribution in [1.82, 2.24) is 0 Å². The summed E-state index contributed by atoms with van der Waals surface area (Å²) in [6.45, 7) is 0.877. The van der Waals surface area contributed by atoms with Crippen molar-refractivity contribution in [3.05, 3.63) is 0 Å². The number of ether oxygens (including phenoxy) is 4. The van der Waals surface area contributed by atoms with Gasteiger partial charge in [0.15, 0.2) is 12.6 Å². The van der Waals surface area contributed by atoms with Crippen LogP contribution in [-0.4, -0.2) is 117 Å². The maximum absolute atomic E-state index is 10.3. The summed E-state index contributed by atoms with van der Waals surface area (Å²) < 4.78 is 21.6. The summed E-state index contributed by atoms with van der Waals surface area (Å²) >= 11 is 0. The van der Waals surface area contributed by atoms with E-state index in [0.717, 1.165) is 0 Å². The smallest absolute Gasteiger partial charge is 0.187 e. The molecule has 0 aromatic rings. The Hall–Kier alpha value is -0.440. The van der Waals surface area contributed by atoms with Crippen molar-refractivity contribution in [2.75, 3.05) is 19.8 Å². The van der Waals surface area contributed by atoms with E-state index in [-0.39, 0.29) is 6.61 Å². The van der Waals surface area contributed by atoms with E-state index in [1.54, 1.807) is 0 Å². The minimum Gasteiger partial charge on any atom is -0.394 e. The highest BCUT2D eigenvalue weighted by atomic mass is 16.8. The lowest BCUT2D eigenvalue weighted by atomic mass is 9.97. The minimum atomic E-state index is -1.68. The van der Waals surface area contributed by atoms with Crippen LogP contribution >= 0.6 is 0 Å². The van der Waals surface area contributed by atoms with E-state index < -0.39 is 74.6 Å². The van der Waals surface area contributed by atoms with Gasteiger partial charge in [0.2, 0.25) is 0 Å². The van der Waals surface area contributed by atoms with Crippen LogP contribution in [-0.2, 0) is 18.9 Å². The Kier molecular flexibility index (Phi) is 8.12. The van der Waals surface area contributed by atoms with Crippen LogP contribution in [0.15, 0.2) is 0 Å². The first-order chi connectivity index (χ1) is 12.3. The zero-order valence-electron chi connectivity index (χ0n) is 14.4. The molecule has 154 valence electrons. The van der Waals surface area contributed by atoms with E-state index in [4.69, 9.17) is 18.9 Å². The average Bonchev–Trinajstić information content (AvgIpc) is 2.64. The van der Waals surface area contributed by atoms with Crippen LogP contribution in [0.4, 0.5) is 0 Å². The first kappa shape index (κ1) is 21.9. The predicted molar refractivity (Wildman–Crippen MR) is 82.6 cm³/mol. The van der Waals surface area contributed by atoms with Crippen molar-refractivity contribution in [1.29, 1.82) is 0 Å². The van der Waals surface area contributed by atoms with Crippen molar-refractivity contribution in [2.24, 2.45) is 0 Å². The lowest BCUT2D eigenvalue weighted by molar-refractivity contribution is -0.367. The average molecular weight is 384 g/mol. The van der Waals surface area contributed by atoms with Gasteiger partial charge < -0.3 is 54.7 Å². The van der Waals surface area contributed by atoms with Gasteiger partial charge in [-0.15, -0.1) is 0 Å². The second kappa shape index (κ2) is 9.66. The van der Waals surface area contributed by atoms with E-state index in [1.165, 1.54) is 0 Å². The van der Waals surface area contributed by atoms with Gasteiger partial charge in [-0.25, -0.2) is 0 Å². The molecule has 0 aromatic carbocycles. The van der Waals surface area contributed by atoms with Gasteiger partial charge in [0.25, 0.3) is 0 Å². The highest BCUT2D eigenvalue weighted by molar-refractivity contribution is 4.93. The third-order valence-corrected chi connectivity index (χ3v) is 4.45. The van der Waals surface area contributed by atoms with E-state index in [1.807, 2.05) is 6.92 Å². The quantitative estimate of drug-likeness (QED) is 0.228. The lowest BCUT2D eigenvalue weighted by Crippen LogP contribution is -2.64. The second-order valence-electron chi connectivity index (χ2n) is 6.38. The van der Waals surface area contributed by atoms with Crippen molar-refractivity contribution in [3.8, 4) is 0 Å². The standard InChI is InChI=1S/C15H28O11/c1-2-3-23-15-13(11(21)9(19)7(5-17)25-15)26-14-12(22)10(20)8(18)6(4-16)24-14/h6-22H,2-5H2,1H3/t6-,7-,8+,9-,10+,11+,12-,13-,14+,15-/m1/s1. The lowest BCUT2D eigenvalue weighted by Gasteiger charge is -2.45. The molecule has 10 atom stereocenters. The Balaban J connectivity index is 2.14. The summed E-state index contributed by atoms with van der Waals surface area (Å²) in [6, 6.07) is 0. The molecule has 0 aromatic heterocycles. The molecule has 0 saturated carbocycles. The molecule has 0 spiro atoms. The molecule has 2 rings (SSSR count). The second-order valence-corrected chi connectivity index (χ2v) is 6.38. The van der Waals surface area contributed by atoms with Gasteiger partial charge in [0.05, 0.1) is 13.2 Å². The van der Waals surface area contributed by atoms with Gasteiger partial charge in [-0.1, -0.05) is 6.92 Å². The Labute approximate surface area is 150 Å². The molecule has 2 fully saturated rings. The van der Waals surface area contributed by atoms with Gasteiger partial charge >= 0.3 is 0 Å². The zero-order chi connectivity index (χ0) is 19.4. The normalized spacial score (nSPS) is 47.1. The van der Waals surface area contributed by atoms with Crippen molar-refractivity contribution < 1.29 is 54.7 Å². The predicted octanol–water partition coefficient (Wildman–Crippen LogP) is -3.96. The summed E-state index contributed by atoms with van der Waals surface area (Å²) in [4.78, 5) is 0. The fourth-order valence-electron chi connectivity index (χ4n) is 2.90. The fourth-order valence-corrected chi connectivity index (χ4v) is 2.90. The molecule has 2 heterocycles. The molecule has 7 N–H and O–H groups in total. The van der Waals surface area contributed by atoms with Gasteiger partial charge in [-0.3, -0.25) is 0 Å². The van der Waals surface area contributed by atoms with Gasteiger partial charge in [0.1, 0.15) is 48.8 Å². The molecule has 0 radical (unpaired) electrons. The molecule has 2 aliphatic heterocycles. The number of aliphatic hydroxyl groups is 7. The largest absolute Gasteiger partial charge is 0.394 e. The Morgan fingerprint density at radius 2 is 1.27 bits per heavy atom. The number of hydrogen-bond donors (Lipinski definition) is 7. The van der Waals surface area contributed by atoms with Crippen LogP contribution in [0.25, 0.3) is 0 Å². The topological polar surface area (TPSA) is 179 Å². The van der Waals surface area contributed by atoms with Crippen LogP contribution in [0.5, 0.6) is 0 Å². The zero-order valence-corrected chi connectivity index (χ0v) is 14.4. The molecule has 0 amide bonds.